The Morgan fingerprint density at radius 1 is 1.17 bits per heavy atom. The van der Waals surface area contributed by atoms with Crippen LogP contribution in [0.2, 0.25) is 0 Å². The highest BCUT2D eigenvalue weighted by molar-refractivity contribution is 5.91. The fraction of sp³-hybridized carbons (Fsp3) is 0.211. The van der Waals surface area contributed by atoms with E-state index in [0.29, 0.717) is 19.6 Å². The molecular formula is C19H22N2O2. The lowest BCUT2D eigenvalue weighted by Crippen LogP contribution is -2.33. The molecule has 2 aromatic carbocycles. The van der Waals surface area contributed by atoms with Crippen LogP contribution in [0.4, 0.5) is 0 Å². The first-order valence-corrected chi connectivity index (χ1v) is 7.58. The lowest BCUT2D eigenvalue weighted by Gasteiger charge is -2.20. The molecular weight excluding hydrogens is 288 g/mol. The number of methoxy groups -OCH3 is 1. The average molecular weight is 310 g/mol. The number of amides is 1. The number of nitrogens with two attached hydrogens (primary N) is 1. The second-order valence-electron chi connectivity index (χ2n) is 5.14. The van der Waals surface area contributed by atoms with E-state index in [2.05, 4.69) is 0 Å². The molecule has 0 spiro atoms. The first-order chi connectivity index (χ1) is 11.2. The summed E-state index contributed by atoms with van der Waals surface area (Å²) in [6.07, 6.45) is 3.37. The number of ether oxygens (including phenoxy) is 1. The standard InChI is InChI=1S/C19H22N2O2/c1-23-18-9-5-8-16(14-18)10-11-19(22)21(13-12-20)15-17-6-3-2-4-7-17/h2-11,14H,12-13,15,20H2,1H3/b11-10+. The molecule has 4 heteroatoms. The van der Waals surface area contributed by atoms with Crippen molar-refractivity contribution in [1.82, 2.24) is 4.90 Å². The monoisotopic (exact) mass is 310 g/mol. The third kappa shape index (κ3) is 5.27. The third-order valence-electron chi connectivity index (χ3n) is 3.44. The van der Waals surface area contributed by atoms with Crippen LogP contribution in [-0.4, -0.2) is 31.0 Å². The number of carbonyl (C=O) groups excluding carboxylic acids is 1. The van der Waals surface area contributed by atoms with Crippen LogP contribution in [0.3, 0.4) is 0 Å². The molecule has 0 saturated carbocycles. The topological polar surface area (TPSA) is 55.6 Å². The van der Waals surface area contributed by atoms with Gasteiger partial charge in [0.05, 0.1) is 7.11 Å². The number of rotatable bonds is 7. The maximum absolute atomic E-state index is 12.4. The summed E-state index contributed by atoms with van der Waals surface area (Å²) in [5, 5.41) is 0. The van der Waals surface area contributed by atoms with Gasteiger partial charge in [0.1, 0.15) is 5.75 Å². The minimum absolute atomic E-state index is 0.0536. The summed E-state index contributed by atoms with van der Waals surface area (Å²) in [5.41, 5.74) is 7.64. The Bertz CT molecular complexity index is 653. The van der Waals surface area contributed by atoms with E-state index in [4.69, 9.17) is 10.5 Å². The van der Waals surface area contributed by atoms with Crippen LogP contribution in [-0.2, 0) is 11.3 Å². The Labute approximate surface area is 137 Å². The summed E-state index contributed by atoms with van der Waals surface area (Å²) in [5.74, 6) is 0.713. The van der Waals surface area contributed by atoms with Gasteiger partial charge in [0.2, 0.25) is 5.91 Å². The predicted octanol–water partition coefficient (Wildman–Crippen LogP) is 2.70. The highest BCUT2D eigenvalue weighted by Gasteiger charge is 2.10. The Balaban J connectivity index is 2.06. The van der Waals surface area contributed by atoms with E-state index in [0.717, 1.165) is 16.9 Å². The van der Waals surface area contributed by atoms with Crippen molar-refractivity contribution in [2.24, 2.45) is 5.73 Å². The molecule has 0 heterocycles. The van der Waals surface area contributed by atoms with Gasteiger partial charge in [0, 0.05) is 25.7 Å². The molecule has 23 heavy (non-hydrogen) atoms. The van der Waals surface area contributed by atoms with E-state index >= 15 is 0 Å². The van der Waals surface area contributed by atoms with E-state index < -0.39 is 0 Å². The second kappa shape index (κ2) is 8.76. The Morgan fingerprint density at radius 2 is 1.96 bits per heavy atom. The molecule has 0 bridgehead atoms. The van der Waals surface area contributed by atoms with Crippen LogP contribution in [0.1, 0.15) is 11.1 Å². The zero-order valence-electron chi connectivity index (χ0n) is 13.3. The van der Waals surface area contributed by atoms with E-state index in [1.165, 1.54) is 0 Å². The van der Waals surface area contributed by atoms with Gasteiger partial charge in [0.15, 0.2) is 0 Å². The molecule has 0 fully saturated rings. The van der Waals surface area contributed by atoms with Crippen molar-refractivity contribution in [3.05, 3.63) is 71.8 Å². The maximum Gasteiger partial charge on any atom is 0.246 e. The van der Waals surface area contributed by atoms with Gasteiger partial charge in [-0.05, 0) is 29.3 Å². The zero-order chi connectivity index (χ0) is 16.5. The highest BCUT2D eigenvalue weighted by Crippen LogP contribution is 2.14. The Hall–Kier alpha value is -2.59. The Morgan fingerprint density at radius 3 is 2.65 bits per heavy atom. The summed E-state index contributed by atoms with van der Waals surface area (Å²) >= 11 is 0. The van der Waals surface area contributed by atoms with Crippen molar-refractivity contribution >= 4 is 12.0 Å². The normalized spacial score (nSPS) is 10.7. The molecule has 0 aliphatic carbocycles. The van der Waals surface area contributed by atoms with Gasteiger partial charge in [-0.25, -0.2) is 0 Å². The first kappa shape index (κ1) is 16.8. The fourth-order valence-corrected chi connectivity index (χ4v) is 2.24. The average Bonchev–Trinajstić information content (AvgIpc) is 2.60. The van der Waals surface area contributed by atoms with Crippen LogP contribution < -0.4 is 10.5 Å². The number of carbonyl (C=O) groups is 1. The maximum atomic E-state index is 12.4. The molecule has 0 atom stereocenters. The molecule has 0 aromatic heterocycles. The van der Waals surface area contributed by atoms with E-state index in [9.17, 15) is 4.79 Å². The van der Waals surface area contributed by atoms with Gasteiger partial charge in [-0.1, -0.05) is 42.5 Å². The molecule has 0 radical (unpaired) electrons. The minimum atomic E-state index is -0.0536. The SMILES string of the molecule is COc1cccc(/C=C/C(=O)N(CCN)Cc2ccccc2)c1. The number of benzene rings is 2. The van der Waals surface area contributed by atoms with Crippen molar-refractivity contribution in [3.8, 4) is 5.75 Å². The van der Waals surface area contributed by atoms with E-state index in [1.54, 1.807) is 24.2 Å². The summed E-state index contributed by atoms with van der Waals surface area (Å²) in [6.45, 7) is 1.51. The van der Waals surface area contributed by atoms with Gasteiger partial charge in [-0.15, -0.1) is 0 Å². The van der Waals surface area contributed by atoms with E-state index in [-0.39, 0.29) is 5.91 Å². The molecule has 120 valence electrons. The molecule has 1 amide bonds. The van der Waals surface area contributed by atoms with Crippen LogP contribution in [0, 0.1) is 0 Å². The largest absolute Gasteiger partial charge is 0.497 e. The van der Waals surface area contributed by atoms with Gasteiger partial charge in [0.25, 0.3) is 0 Å². The number of hydrogen-bond donors (Lipinski definition) is 1. The third-order valence-corrected chi connectivity index (χ3v) is 3.44. The quantitative estimate of drug-likeness (QED) is 0.800. The van der Waals surface area contributed by atoms with Crippen molar-refractivity contribution < 1.29 is 9.53 Å². The zero-order valence-corrected chi connectivity index (χ0v) is 13.3. The van der Waals surface area contributed by atoms with Crippen molar-refractivity contribution in [2.45, 2.75) is 6.54 Å². The Kier molecular flexibility index (Phi) is 6.39. The fourth-order valence-electron chi connectivity index (χ4n) is 2.24. The van der Waals surface area contributed by atoms with Crippen molar-refractivity contribution in [2.75, 3.05) is 20.2 Å². The summed E-state index contributed by atoms with van der Waals surface area (Å²) < 4.78 is 5.18. The van der Waals surface area contributed by atoms with Crippen LogP contribution in [0.25, 0.3) is 6.08 Å². The summed E-state index contributed by atoms with van der Waals surface area (Å²) in [4.78, 5) is 14.2. The highest BCUT2D eigenvalue weighted by atomic mass is 16.5. The predicted molar refractivity (Wildman–Crippen MR) is 92.9 cm³/mol. The van der Waals surface area contributed by atoms with Gasteiger partial charge >= 0.3 is 0 Å². The van der Waals surface area contributed by atoms with Gasteiger partial charge < -0.3 is 15.4 Å². The van der Waals surface area contributed by atoms with Crippen LogP contribution in [0.5, 0.6) is 5.75 Å². The molecule has 2 rings (SSSR count). The molecule has 0 aliphatic rings. The molecule has 0 saturated heterocycles. The first-order valence-electron chi connectivity index (χ1n) is 7.58. The molecule has 0 aliphatic heterocycles. The smallest absolute Gasteiger partial charge is 0.246 e. The lowest BCUT2D eigenvalue weighted by atomic mass is 10.2. The molecule has 0 unspecified atom stereocenters. The van der Waals surface area contributed by atoms with Crippen molar-refractivity contribution in [3.63, 3.8) is 0 Å². The number of nitrogens with zero attached hydrogens (tertiary/aromatic N) is 1. The number of hydrogen-bond acceptors (Lipinski definition) is 3. The molecule has 2 aromatic rings. The van der Waals surface area contributed by atoms with Crippen LogP contribution >= 0.6 is 0 Å². The molecule has 2 N–H and O–H groups in total. The van der Waals surface area contributed by atoms with Crippen LogP contribution in [0.15, 0.2) is 60.7 Å². The lowest BCUT2D eigenvalue weighted by molar-refractivity contribution is -0.126. The van der Waals surface area contributed by atoms with E-state index in [1.807, 2.05) is 54.6 Å². The summed E-state index contributed by atoms with van der Waals surface area (Å²) in [7, 11) is 1.62. The second-order valence-corrected chi connectivity index (χ2v) is 5.14. The van der Waals surface area contributed by atoms with Gasteiger partial charge in [-0.3, -0.25) is 4.79 Å². The van der Waals surface area contributed by atoms with Crippen molar-refractivity contribution in [1.29, 1.82) is 0 Å². The molecule has 4 nitrogen and oxygen atoms in total. The minimum Gasteiger partial charge on any atom is -0.497 e. The van der Waals surface area contributed by atoms with Gasteiger partial charge in [-0.2, -0.15) is 0 Å². The summed E-state index contributed by atoms with van der Waals surface area (Å²) in [6, 6.07) is 17.5.